The van der Waals surface area contributed by atoms with Crippen molar-refractivity contribution in [1.29, 1.82) is 0 Å². The molecule has 2 aromatic rings. The highest BCUT2D eigenvalue weighted by molar-refractivity contribution is 5.89. The van der Waals surface area contributed by atoms with Crippen LogP contribution in [0.1, 0.15) is 55.4 Å². The SMILES string of the molecule is C=C(/C=C\C1=C(C)CCC(C(C)=O)(c2cccc(C)c2C)C1)c1ccccc1.CO. The van der Waals surface area contributed by atoms with Crippen LogP contribution in [0.15, 0.2) is 78.4 Å². The van der Waals surface area contributed by atoms with Crippen molar-refractivity contribution in [2.24, 2.45) is 0 Å². The van der Waals surface area contributed by atoms with Gasteiger partial charge < -0.3 is 5.11 Å². The molecule has 0 spiro atoms. The standard InChI is InChI=1S/C27H30O.CH4O/c1-19-10-9-13-26(22(19)4)27(23(5)28)17-16-21(3)25(18-27)15-14-20(2)24-11-7-6-8-12-24;1-2/h6-15H,2,16-18H2,1,3-5H3;2H,1H3/b15-14-;. The van der Waals surface area contributed by atoms with Crippen molar-refractivity contribution in [2.45, 2.75) is 52.4 Å². The number of ketones is 1. The van der Waals surface area contributed by atoms with E-state index in [1.165, 1.54) is 27.8 Å². The molecule has 1 atom stereocenters. The highest BCUT2D eigenvalue weighted by Gasteiger charge is 2.41. The van der Waals surface area contributed by atoms with E-state index in [1.807, 2.05) is 18.2 Å². The summed E-state index contributed by atoms with van der Waals surface area (Å²) in [7, 11) is 1.00. The second-order valence-electron chi connectivity index (χ2n) is 8.09. The van der Waals surface area contributed by atoms with Crippen molar-refractivity contribution >= 4 is 11.4 Å². The summed E-state index contributed by atoms with van der Waals surface area (Å²) < 4.78 is 0. The van der Waals surface area contributed by atoms with Crippen LogP contribution in [0.2, 0.25) is 0 Å². The van der Waals surface area contributed by atoms with Crippen LogP contribution >= 0.6 is 0 Å². The molecule has 1 unspecified atom stereocenters. The highest BCUT2D eigenvalue weighted by Crippen LogP contribution is 2.44. The fraction of sp³-hybridized carbons (Fsp3) is 0.321. The second-order valence-corrected chi connectivity index (χ2v) is 8.09. The zero-order valence-electron chi connectivity index (χ0n) is 19.0. The average molecular weight is 403 g/mol. The van der Waals surface area contributed by atoms with Gasteiger partial charge >= 0.3 is 0 Å². The van der Waals surface area contributed by atoms with Crippen LogP contribution < -0.4 is 0 Å². The van der Waals surface area contributed by atoms with Gasteiger partial charge in [-0.25, -0.2) is 0 Å². The number of carbonyl (C=O) groups is 1. The second kappa shape index (κ2) is 10.4. The number of allylic oxidation sites excluding steroid dienone is 5. The van der Waals surface area contributed by atoms with Gasteiger partial charge in [0.15, 0.2) is 0 Å². The Hall–Kier alpha value is -2.71. The van der Waals surface area contributed by atoms with Gasteiger partial charge in [-0.2, -0.15) is 0 Å². The van der Waals surface area contributed by atoms with Gasteiger partial charge in [-0.3, -0.25) is 4.79 Å². The van der Waals surface area contributed by atoms with Gasteiger partial charge in [0.25, 0.3) is 0 Å². The lowest BCUT2D eigenvalue weighted by atomic mass is 9.64. The fourth-order valence-corrected chi connectivity index (χ4v) is 4.27. The van der Waals surface area contributed by atoms with Crippen molar-refractivity contribution in [3.05, 3.63) is 101 Å². The summed E-state index contributed by atoms with van der Waals surface area (Å²) >= 11 is 0. The third-order valence-corrected chi connectivity index (χ3v) is 6.39. The van der Waals surface area contributed by atoms with E-state index in [2.05, 4.69) is 69.8 Å². The normalized spacial score (nSPS) is 18.7. The molecule has 0 aromatic heterocycles. The van der Waals surface area contributed by atoms with Gasteiger partial charge in [0.1, 0.15) is 5.78 Å². The molecule has 1 aliphatic rings. The molecule has 0 amide bonds. The van der Waals surface area contributed by atoms with Crippen molar-refractivity contribution in [3.8, 4) is 0 Å². The molecule has 1 N–H and O–H groups in total. The zero-order chi connectivity index (χ0) is 22.3. The van der Waals surface area contributed by atoms with E-state index in [4.69, 9.17) is 5.11 Å². The summed E-state index contributed by atoms with van der Waals surface area (Å²) in [6, 6.07) is 16.6. The van der Waals surface area contributed by atoms with E-state index in [0.29, 0.717) is 0 Å². The van der Waals surface area contributed by atoms with E-state index in [9.17, 15) is 4.79 Å². The topological polar surface area (TPSA) is 37.3 Å². The minimum atomic E-state index is -0.427. The van der Waals surface area contributed by atoms with Crippen molar-refractivity contribution in [1.82, 2.24) is 0 Å². The predicted molar refractivity (Wildman–Crippen MR) is 128 cm³/mol. The van der Waals surface area contributed by atoms with Gasteiger partial charge in [-0.05, 0) is 80.4 Å². The number of carbonyl (C=O) groups excluding carboxylic acids is 1. The van der Waals surface area contributed by atoms with E-state index < -0.39 is 5.41 Å². The van der Waals surface area contributed by atoms with E-state index in [0.717, 1.165) is 37.5 Å². The predicted octanol–water partition coefficient (Wildman–Crippen LogP) is 6.51. The van der Waals surface area contributed by atoms with Crippen LogP contribution in [0.25, 0.3) is 5.57 Å². The van der Waals surface area contributed by atoms with Crippen LogP contribution in [0.5, 0.6) is 0 Å². The summed E-state index contributed by atoms with van der Waals surface area (Å²) in [5.74, 6) is 0.265. The van der Waals surface area contributed by atoms with Crippen LogP contribution in [0.3, 0.4) is 0 Å². The molecule has 0 saturated carbocycles. The Morgan fingerprint density at radius 1 is 1.03 bits per heavy atom. The molecule has 0 radical (unpaired) electrons. The summed E-state index contributed by atoms with van der Waals surface area (Å²) in [5.41, 5.74) is 8.02. The van der Waals surface area contributed by atoms with Crippen molar-refractivity contribution in [2.75, 3.05) is 7.11 Å². The third-order valence-electron chi connectivity index (χ3n) is 6.39. The Labute approximate surface area is 181 Å². The van der Waals surface area contributed by atoms with E-state index in [1.54, 1.807) is 6.92 Å². The Bertz CT molecular complexity index is 963. The molecule has 0 bridgehead atoms. The maximum absolute atomic E-state index is 12.9. The number of aliphatic hydroxyl groups is 1. The Morgan fingerprint density at radius 2 is 1.70 bits per heavy atom. The minimum absolute atomic E-state index is 0.265. The summed E-state index contributed by atoms with van der Waals surface area (Å²) in [6.07, 6.45) is 6.86. The number of benzene rings is 2. The first-order valence-electron chi connectivity index (χ1n) is 10.5. The van der Waals surface area contributed by atoms with Crippen molar-refractivity contribution in [3.63, 3.8) is 0 Å². The number of hydrogen-bond acceptors (Lipinski definition) is 2. The number of Topliss-reactive ketones (excluding diaryl/α,β-unsaturated/α-hetero) is 1. The van der Waals surface area contributed by atoms with Crippen LogP contribution in [-0.4, -0.2) is 18.0 Å². The van der Waals surface area contributed by atoms with E-state index in [-0.39, 0.29) is 5.78 Å². The molecular weight excluding hydrogens is 368 g/mol. The zero-order valence-corrected chi connectivity index (χ0v) is 19.0. The average Bonchev–Trinajstić information content (AvgIpc) is 2.77. The maximum atomic E-state index is 12.9. The molecule has 30 heavy (non-hydrogen) atoms. The lowest BCUT2D eigenvalue weighted by molar-refractivity contribution is -0.122. The third kappa shape index (κ3) is 4.88. The number of aryl methyl sites for hydroxylation is 1. The maximum Gasteiger partial charge on any atom is 0.140 e. The smallest absolute Gasteiger partial charge is 0.140 e. The summed E-state index contributed by atoms with van der Waals surface area (Å²) in [6.45, 7) is 12.4. The molecule has 158 valence electrons. The number of rotatable bonds is 5. The highest BCUT2D eigenvalue weighted by atomic mass is 16.2. The summed E-state index contributed by atoms with van der Waals surface area (Å²) in [4.78, 5) is 12.9. The lowest BCUT2D eigenvalue weighted by Gasteiger charge is -2.38. The Balaban J connectivity index is 0.00000155. The molecule has 0 heterocycles. The Morgan fingerprint density at radius 3 is 2.33 bits per heavy atom. The van der Waals surface area contributed by atoms with Crippen LogP contribution in [0.4, 0.5) is 0 Å². The first-order valence-corrected chi connectivity index (χ1v) is 10.5. The number of aliphatic hydroxyl groups excluding tert-OH is 1. The molecule has 0 aliphatic heterocycles. The Kier molecular flexibility index (Phi) is 8.14. The minimum Gasteiger partial charge on any atom is -0.400 e. The lowest BCUT2D eigenvalue weighted by Crippen LogP contribution is -2.37. The molecule has 2 heteroatoms. The molecule has 0 saturated heterocycles. The molecule has 2 aromatic carbocycles. The fourth-order valence-electron chi connectivity index (χ4n) is 4.27. The monoisotopic (exact) mass is 402 g/mol. The van der Waals surface area contributed by atoms with E-state index >= 15 is 0 Å². The van der Waals surface area contributed by atoms with Gasteiger partial charge in [-0.15, -0.1) is 0 Å². The number of hydrogen-bond donors (Lipinski definition) is 1. The quantitative estimate of drug-likeness (QED) is 0.579. The van der Waals surface area contributed by atoms with Gasteiger partial charge in [0, 0.05) is 7.11 Å². The largest absolute Gasteiger partial charge is 0.400 e. The first-order chi connectivity index (χ1) is 14.3. The molecule has 3 rings (SSSR count). The molecule has 0 fully saturated rings. The van der Waals surface area contributed by atoms with Gasteiger partial charge in [-0.1, -0.05) is 72.8 Å². The van der Waals surface area contributed by atoms with Crippen LogP contribution in [-0.2, 0) is 10.2 Å². The van der Waals surface area contributed by atoms with Crippen LogP contribution in [0, 0.1) is 13.8 Å². The van der Waals surface area contributed by atoms with Crippen molar-refractivity contribution < 1.29 is 9.90 Å². The molecule has 2 nitrogen and oxygen atoms in total. The first kappa shape index (κ1) is 23.6. The molecular formula is C28H34O2. The molecule has 1 aliphatic carbocycles. The van der Waals surface area contributed by atoms with Gasteiger partial charge in [0.05, 0.1) is 5.41 Å². The van der Waals surface area contributed by atoms with Gasteiger partial charge in [0.2, 0.25) is 0 Å². The summed E-state index contributed by atoms with van der Waals surface area (Å²) in [5, 5.41) is 7.00.